The van der Waals surface area contributed by atoms with Crippen molar-refractivity contribution in [1.29, 1.82) is 0 Å². The Morgan fingerprint density at radius 2 is 1.97 bits per heavy atom. The van der Waals surface area contributed by atoms with Gasteiger partial charge in [-0.3, -0.25) is 4.57 Å². The van der Waals surface area contributed by atoms with Crippen LogP contribution in [0.3, 0.4) is 0 Å². The molecule has 5 nitrogen and oxygen atoms in total. The van der Waals surface area contributed by atoms with E-state index < -0.39 is 0 Å². The molecule has 5 rings (SSSR count). The topological polar surface area (TPSA) is 55.7 Å². The molecule has 0 unspecified atom stereocenters. The van der Waals surface area contributed by atoms with Gasteiger partial charge in [-0.2, -0.15) is 0 Å². The first-order valence-corrected chi connectivity index (χ1v) is 11.0. The fourth-order valence-corrected chi connectivity index (χ4v) is 4.92. The van der Waals surface area contributed by atoms with Crippen molar-refractivity contribution in [2.24, 2.45) is 0 Å². The van der Waals surface area contributed by atoms with Crippen molar-refractivity contribution in [3.63, 3.8) is 0 Å². The first-order valence-electron chi connectivity index (χ1n) is 10.1. The van der Waals surface area contributed by atoms with Crippen LogP contribution < -0.4 is 0 Å². The third-order valence-electron chi connectivity index (χ3n) is 5.51. The normalized spacial score (nSPS) is 17.8. The molecule has 29 heavy (non-hydrogen) atoms. The van der Waals surface area contributed by atoms with Crippen molar-refractivity contribution < 1.29 is 4.74 Å². The van der Waals surface area contributed by atoms with Gasteiger partial charge in [-0.1, -0.05) is 60.3 Å². The van der Waals surface area contributed by atoms with Gasteiger partial charge >= 0.3 is 0 Å². The van der Waals surface area contributed by atoms with Crippen LogP contribution in [0, 0.1) is 0 Å². The number of para-hydroxylation sites is 1. The minimum Gasteiger partial charge on any atom is -0.376 e. The van der Waals surface area contributed by atoms with Crippen LogP contribution in [0.25, 0.3) is 22.3 Å². The average Bonchev–Trinajstić information content (AvgIpc) is 3.50. The standard InChI is InChI=1S/C23H24N4OS/c1-16(17-8-3-2-4-9-17)29-23-26-25-22(27(23)15-18-10-7-13-28-18)20-14-24-21-12-6-5-11-19(20)21/h2-6,8-9,11-12,14,16,18,24H,7,10,13,15H2,1H3/t16-,18+/m0/s1. The van der Waals surface area contributed by atoms with Crippen molar-refractivity contribution in [3.05, 3.63) is 66.4 Å². The number of nitrogens with zero attached hydrogens (tertiary/aromatic N) is 3. The molecule has 0 saturated carbocycles. The second-order valence-electron chi connectivity index (χ2n) is 7.47. The van der Waals surface area contributed by atoms with Gasteiger partial charge in [0.15, 0.2) is 11.0 Å². The SMILES string of the molecule is C[C@H](Sc1nnc(-c2c[nH]c3ccccc23)n1C[C@H]1CCCO1)c1ccccc1. The number of H-pyrrole nitrogens is 1. The van der Waals surface area contributed by atoms with Crippen LogP contribution in [-0.2, 0) is 11.3 Å². The molecule has 2 aromatic heterocycles. The molecule has 1 aliphatic heterocycles. The lowest BCUT2D eigenvalue weighted by molar-refractivity contribution is 0.0953. The summed E-state index contributed by atoms with van der Waals surface area (Å²) in [5, 5.41) is 11.6. The third-order valence-corrected chi connectivity index (χ3v) is 6.65. The lowest BCUT2D eigenvalue weighted by Crippen LogP contribution is -2.16. The largest absolute Gasteiger partial charge is 0.376 e. The van der Waals surface area contributed by atoms with Crippen LogP contribution in [0.15, 0.2) is 66.0 Å². The van der Waals surface area contributed by atoms with Crippen molar-refractivity contribution in [2.75, 3.05) is 6.61 Å². The zero-order valence-corrected chi connectivity index (χ0v) is 17.2. The molecule has 148 valence electrons. The number of nitrogens with one attached hydrogen (secondary N) is 1. The van der Waals surface area contributed by atoms with Gasteiger partial charge in [-0.05, 0) is 31.4 Å². The molecule has 6 heteroatoms. The molecular weight excluding hydrogens is 380 g/mol. The van der Waals surface area contributed by atoms with Crippen molar-refractivity contribution in [1.82, 2.24) is 19.7 Å². The van der Waals surface area contributed by atoms with Crippen molar-refractivity contribution in [2.45, 2.75) is 42.8 Å². The number of aromatic nitrogens is 4. The lowest BCUT2D eigenvalue weighted by Gasteiger charge is -2.16. The molecule has 0 aliphatic carbocycles. The molecular formula is C23H24N4OS. The molecule has 0 amide bonds. The summed E-state index contributed by atoms with van der Waals surface area (Å²) in [6.45, 7) is 3.85. The Balaban J connectivity index is 1.53. The number of hydrogen-bond donors (Lipinski definition) is 1. The number of ether oxygens (including phenoxy) is 1. The van der Waals surface area contributed by atoms with E-state index in [9.17, 15) is 0 Å². The summed E-state index contributed by atoms with van der Waals surface area (Å²) >= 11 is 1.75. The summed E-state index contributed by atoms with van der Waals surface area (Å²) in [5.41, 5.74) is 3.49. The Kier molecular flexibility index (Phi) is 5.12. The van der Waals surface area contributed by atoms with E-state index in [0.717, 1.165) is 48.1 Å². The van der Waals surface area contributed by atoms with Crippen molar-refractivity contribution in [3.8, 4) is 11.4 Å². The fraction of sp³-hybridized carbons (Fsp3) is 0.304. The Bertz CT molecular complexity index is 1100. The van der Waals surface area contributed by atoms with E-state index in [1.807, 2.05) is 12.3 Å². The predicted octanol–water partition coefficient (Wildman–Crippen LogP) is 5.46. The Morgan fingerprint density at radius 1 is 1.14 bits per heavy atom. The summed E-state index contributed by atoms with van der Waals surface area (Å²) in [6.07, 6.45) is 4.47. The monoisotopic (exact) mass is 404 g/mol. The highest BCUT2D eigenvalue weighted by Crippen LogP contribution is 2.37. The Labute approximate surface area is 174 Å². The number of aromatic amines is 1. The molecule has 1 N–H and O–H groups in total. The molecule has 1 saturated heterocycles. The van der Waals surface area contributed by atoms with Gasteiger partial charge in [0, 0.05) is 34.5 Å². The van der Waals surface area contributed by atoms with Gasteiger partial charge in [-0.15, -0.1) is 10.2 Å². The summed E-state index contributed by atoms with van der Waals surface area (Å²) in [5.74, 6) is 0.903. The molecule has 4 aromatic rings. The maximum atomic E-state index is 5.94. The zero-order chi connectivity index (χ0) is 19.6. The van der Waals surface area contributed by atoms with Gasteiger partial charge in [0.1, 0.15) is 0 Å². The molecule has 1 aliphatic rings. The second-order valence-corrected chi connectivity index (χ2v) is 8.78. The highest BCUT2D eigenvalue weighted by Gasteiger charge is 2.24. The minimum atomic E-state index is 0.223. The molecule has 3 heterocycles. The first kappa shape index (κ1) is 18.5. The highest BCUT2D eigenvalue weighted by atomic mass is 32.2. The smallest absolute Gasteiger partial charge is 0.192 e. The van der Waals surface area contributed by atoms with Gasteiger partial charge in [-0.25, -0.2) is 0 Å². The van der Waals surface area contributed by atoms with E-state index in [0.29, 0.717) is 5.25 Å². The predicted molar refractivity (Wildman–Crippen MR) is 117 cm³/mol. The number of thioether (sulfide) groups is 1. The number of rotatable bonds is 6. The van der Waals surface area contributed by atoms with E-state index >= 15 is 0 Å². The summed E-state index contributed by atoms with van der Waals surface area (Å²) < 4.78 is 8.18. The second kappa shape index (κ2) is 8.05. The third kappa shape index (κ3) is 3.70. The summed E-state index contributed by atoms with van der Waals surface area (Å²) in [7, 11) is 0. The van der Waals surface area contributed by atoms with Crippen LogP contribution >= 0.6 is 11.8 Å². The Hall–Kier alpha value is -2.57. The molecule has 2 aromatic carbocycles. The molecule has 0 radical (unpaired) electrons. The van der Waals surface area contributed by atoms with E-state index in [1.54, 1.807) is 11.8 Å². The minimum absolute atomic E-state index is 0.223. The van der Waals surface area contributed by atoms with E-state index in [1.165, 1.54) is 10.9 Å². The van der Waals surface area contributed by atoms with Crippen LogP contribution in [0.1, 0.15) is 30.6 Å². The molecule has 2 atom stereocenters. The van der Waals surface area contributed by atoms with Gasteiger partial charge in [0.2, 0.25) is 0 Å². The van der Waals surface area contributed by atoms with Gasteiger partial charge < -0.3 is 9.72 Å². The van der Waals surface area contributed by atoms with E-state index in [4.69, 9.17) is 4.74 Å². The molecule has 1 fully saturated rings. The van der Waals surface area contributed by atoms with E-state index in [-0.39, 0.29) is 6.10 Å². The molecule has 0 bridgehead atoms. The van der Waals surface area contributed by atoms with Crippen LogP contribution in [0.2, 0.25) is 0 Å². The zero-order valence-electron chi connectivity index (χ0n) is 16.4. The fourth-order valence-electron chi connectivity index (χ4n) is 3.94. The molecule has 0 spiro atoms. The van der Waals surface area contributed by atoms with E-state index in [2.05, 4.69) is 75.2 Å². The lowest BCUT2D eigenvalue weighted by atomic mass is 10.1. The average molecular weight is 405 g/mol. The maximum absolute atomic E-state index is 5.94. The number of hydrogen-bond acceptors (Lipinski definition) is 4. The maximum Gasteiger partial charge on any atom is 0.192 e. The van der Waals surface area contributed by atoms with Gasteiger partial charge in [0.05, 0.1) is 12.6 Å². The van der Waals surface area contributed by atoms with Crippen molar-refractivity contribution >= 4 is 22.7 Å². The summed E-state index contributed by atoms with van der Waals surface area (Å²) in [6, 6.07) is 18.9. The van der Waals surface area contributed by atoms with Crippen LogP contribution in [0.5, 0.6) is 0 Å². The number of benzene rings is 2. The number of fused-ring (bicyclic) bond motifs is 1. The van der Waals surface area contributed by atoms with Crippen LogP contribution in [0.4, 0.5) is 0 Å². The van der Waals surface area contributed by atoms with Gasteiger partial charge in [0.25, 0.3) is 0 Å². The first-order chi connectivity index (χ1) is 14.3. The van der Waals surface area contributed by atoms with Crippen LogP contribution in [-0.4, -0.2) is 32.5 Å². The summed E-state index contributed by atoms with van der Waals surface area (Å²) in [4.78, 5) is 3.36. The highest BCUT2D eigenvalue weighted by molar-refractivity contribution is 7.99. The Morgan fingerprint density at radius 3 is 2.79 bits per heavy atom. The quantitative estimate of drug-likeness (QED) is 0.434.